The molecule has 3 unspecified atom stereocenters. The molecule has 9 heteroatoms. The lowest BCUT2D eigenvalue weighted by Crippen LogP contribution is -2.45. The Balaban J connectivity index is 4.00. The van der Waals surface area contributed by atoms with Crippen LogP contribution in [-0.4, -0.2) is 73.4 Å². The fourth-order valence-corrected chi connectivity index (χ4v) is 13.0. The molecule has 0 aromatic rings. The second-order valence-corrected chi connectivity index (χ2v) is 29.9. The van der Waals surface area contributed by atoms with Gasteiger partial charge in [0.1, 0.15) is 13.2 Å². The molecule has 0 aliphatic rings. The summed E-state index contributed by atoms with van der Waals surface area (Å²) in [4.78, 5) is 23.5. The summed E-state index contributed by atoms with van der Waals surface area (Å²) in [5.74, 6) is -0.182. The topological polar surface area (TPSA) is 105 Å². The third kappa shape index (κ3) is 72.2. The average Bonchev–Trinajstić information content (AvgIpc) is 3.58. The van der Waals surface area contributed by atoms with Gasteiger partial charge in [0.25, 0.3) is 0 Å². The van der Waals surface area contributed by atoms with Crippen molar-refractivity contribution in [1.29, 1.82) is 0 Å². The normalized spacial score (nSPS) is 13.7. The molecule has 3 N–H and O–H groups in total. The minimum Gasteiger partial charge on any atom is -0.387 e. The molecule has 0 aromatic carbocycles. The predicted octanol–water partition coefficient (Wildman–Crippen LogP) is 25.6. The Morgan fingerprint density at radius 1 is 0.375 bits per heavy atom. The van der Waals surface area contributed by atoms with Gasteiger partial charge in [0.15, 0.2) is 0 Å². The number of phosphoric ester groups is 1. The van der Waals surface area contributed by atoms with Crippen LogP contribution in [-0.2, 0) is 18.4 Å². The lowest BCUT2D eigenvalue weighted by molar-refractivity contribution is -0.870. The maximum absolute atomic E-state index is 13.1. The summed E-state index contributed by atoms with van der Waals surface area (Å²) in [6.45, 7) is 4.86. The Morgan fingerprint density at radius 2 is 0.625 bits per heavy atom. The van der Waals surface area contributed by atoms with Gasteiger partial charge in [-0.1, -0.05) is 397 Å². The van der Waals surface area contributed by atoms with E-state index in [9.17, 15) is 19.4 Å². The number of phosphoric acid groups is 1. The van der Waals surface area contributed by atoms with E-state index < -0.39 is 20.0 Å². The van der Waals surface area contributed by atoms with Crippen molar-refractivity contribution >= 4 is 13.7 Å². The van der Waals surface area contributed by atoms with Crippen LogP contribution in [0.15, 0.2) is 36.5 Å². The van der Waals surface area contributed by atoms with Crippen molar-refractivity contribution in [3.8, 4) is 0 Å². The van der Waals surface area contributed by atoms with Gasteiger partial charge in [-0.25, -0.2) is 4.57 Å². The Kier molecular flexibility index (Phi) is 69.0. The monoisotopic (exact) mass is 1260 g/mol. The molecule has 0 heterocycles. The molecule has 0 radical (unpaired) electrons. The van der Waals surface area contributed by atoms with E-state index in [0.29, 0.717) is 17.4 Å². The number of amides is 1. The summed E-state index contributed by atoms with van der Waals surface area (Å²) in [7, 11) is 1.57. The predicted molar refractivity (Wildman–Crippen MR) is 388 cm³/mol. The van der Waals surface area contributed by atoms with Crippen molar-refractivity contribution in [2.45, 2.75) is 424 Å². The Hall–Kier alpha value is -1.28. The molecule has 0 aromatic heterocycles. The Bertz CT molecular complexity index is 1530. The number of rotatable bonds is 74. The maximum Gasteiger partial charge on any atom is 0.472 e. The van der Waals surface area contributed by atoms with Crippen molar-refractivity contribution in [2.24, 2.45) is 0 Å². The van der Waals surface area contributed by atoms with Gasteiger partial charge in [-0.15, -0.1) is 0 Å². The molecule has 0 saturated carbocycles. The summed E-state index contributed by atoms with van der Waals surface area (Å²) in [5, 5.41) is 14.0. The van der Waals surface area contributed by atoms with Crippen LogP contribution in [0.2, 0.25) is 0 Å². The maximum atomic E-state index is 13.1. The van der Waals surface area contributed by atoms with Gasteiger partial charge in [0, 0.05) is 6.42 Å². The van der Waals surface area contributed by atoms with Gasteiger partial charge >= 0.3 is 7.82 Å². The van der Waals surface area contributed by atoms with E-state index in [1.807, 2.05) is 27.2 Å². The lowest BCUT2D eigenvalue weighted by atomic mass is 10.0. The van der Waals surface area contributed by atoms with Crippen molar-refractivity contribution in [1.82, 2.24) is 5.32 Å². The van der Waals surface area contributed by atoms with Gasteiger partial charge in [0.2, 0.25) is 5.91 Å². The first-order valence-corrected chi connectivity index (χ1v) is 40.9. The highest BCUT2D eigenvalue weighted by Gasteiger charge is 2.28. The van der Waals surface area contributed by atoms with E-state index in [1.165, 1.54) is 347 Å². The molecule has 0 rings (SSSR count). The molecular formula is C79H156N2O6P+. The highest BCUT2D eigenvalue weighted by atomic mass is 31.2. The summed E-state index contributed by atoms with van der Waals surface area (Å²) in [5.41, 5.74) is 0. The van der Waals surface area contributed by atoms with Crippen molar-refractivity contribution in [3.05, 3.63) is 36.5 Å². The van der Waals surface area contributed by atoms with Crippen LogP contribution >= 0.6 is 7.82 Å². The molecule has 8 nitrogen and oxygen atoms in total. The molecule has 0 spiro atoms. The number of hydrogen-bond donors (Lipinski definition) is 3. The molecule has 0 fully saturated rings. The van der Waals surface area contributed by atoms with E-state index in [1.54, 1.807) is 6.08 Å². The number of nitrogens with zero attached hydrogens (tertiary/aromatic N) is 1. The number of likely N-dealkylation sites (N-methyl/N-ethyl adjacent to an activating group) is 1. The van der Waals surface area contributed by atoms with Crippen molar-refractivity contribution in [2.75, 3.05) is 40.9 Å². The fourth-order valence-electron chi connectivity index (χ4n) is 12.3. The number of quaternary nitrogens is 1. The van der Waals surface area contributed by atoms with Crippen LogP contribution in [0.5, 0.6) is 0 Å². The zero-order chi connectivity index (χ0) is 64.1. The molecular weight excluding hydrogens is 1100 g/mol. The quantitative estimate of drug-likeness (QED) is 0.0243. The third-order valence-corrected chi connectivity index (χ3v) is 19.3. The van der Waals surface area contributed by atoms with Crippen LogP contribution in [0.1, 0.15) is 412 Å². The van der Waals surface area contributed by atoms with Crippen LogP contribution in [0.25, 0.3) is 0 Å². The summed E-state index contributed by atoms with van der Waals surface area (Å²) in [6, 6.07) is -0.870. The highest BCUT2D eigenvalue weighted by Crippen LogP contribution is 2.43. The van der Waals surface area contributed by atoms with Crippen LogP contribution in [0, 0.1) is 0 Å². The summed E-state index contributed by atoms with van der Waals surface area (Å²) < 4.78 is 23.8. The number of aliphatic hydroxyl groups is 1. The van der Waals surface area contributed by atoms with Crippen LogP contribution in [0.4, 0.5) is 0 Å². The number of unbranched alkanes of at least 4 members (excludes halogenated alkanes) is 57. The molecule has 88 heavy (non-hydrogen) atoms. The minimum absolute atomic E-state index is 0.0556. The largest absolute Gasteiger partial charge is 0.472 e. The van der Waals surface area contributed by atoms with E-state index in [2.05, 4.69) is 43.5 Å². The van der Waals surface area contributed by atoms with E-state index in [4.69, 9.17) is 9.05 Å². The molecule has 0 saturated heterocycles. The lowest BCUT2D eigenvalue weighted by Gasteiger charge is -2.25. The first kappa shape index (κ1) is 86.7. The SMILES string of the molecule is CCCCCCCCCCCCCCCCCCCCCC/C=C/CC/C=C/CC/C=C/C(O)C(COP(=O)(O)OCC[N+](C)(C)C)NC(=O)CCCCCCCCCCCCCCCCCCCCCCCCCCCCCCCCCCCCCC. The number of allylic oxidation sites excluding steroid dienone is 5. The standard InChI is InChI=1S/C79H155N2O6P/c1-6-8-10-12-14-16-18-20-22-24-26-28-30-32-34-36-38-39-40-41-42-43-45-47-49-51-53-55-57-59-61-63-65-67-69-71-73-79(83)80-77(76-87-88(84,85)86-75-74-81(3,4)5)78(82)72-70-68-66-64-62-60-58-56-54-52-50-48-46-44-37-35-33-31-29-27-25-23-21-19-17-15-13-11-9-7-2/h54,56,62,64,70,72,77-78,82H,6-53,55,57-61,63,65-69,71,73-76H2,1-5H3,(H-,80,83,84,85)/p+1/b56-54+,64-62+,72-70+. The smallest absolute Gasteiger partial charge is 0.387 e. The first-order valence-electron chi connectivity index (χ1n) is 39.4. The number of nitrogens with one attached hydrogen (secondary N) is 1. The third-order valence-electron chi connectivity index (χ3n) is 18.3. The first-order chi connectivity index (χ1) is 43.0. The molecule has 3 atom stereocenters. The number of carbonyl (C=O) groups excluding carboxylic acids is 1. The van der Waals surface area contributed by atoms with Gasteiger partial charge in [-0.3, -0.25) is 13.8 Å². The van der Waals surface area contributed by atoms with Crippen LogP contribution < -0.4 is 5.32 Å². The minimum atomic E-state index is -4.37. The Labute approximate surface area is 550 Å². The number of aliphatic hydroxyl groups excluding tert-OH is 1. The van der Waals surface area contributed by atoms with E-state index >= 15 is 0 Å². The molecule has 0 aliphatic carbocycles. The second-order valence-electron chi connectivity index (χ2n) is 28.4. The van der Waals surface area contributed by atoms with Crippen LogP contribution in [0.3, 0.4) is 0 Å². The van der Waals surface area contributed by atoms with E-state index in [-0.39, 0.29) is 19.1 Å². The Morgan fingerprint density at radius 3 is 0.909 bits per heavy atom. The van der Waals surface area contributed by atoms with Gasteiger partial charge < -0.3 is 19.8 Å². The zero-order valence-corrected chi connectivity index (χ0v) is 60.9. The van der Waals surface area contributed by atoms with Crippen molar-refractivity contribution in [3.63, 3.8) is 0 Å². The number of hydrogen-bond acceptors (Lipinski definition) is 5. The van der Waals surface area contributed by atoms with Gasteiger partial charge in [-0.2, -0.15) is 0 Å². The second kappa shape index (κ2) is 70.0. The highest BCUT2D eigenvalue weighted by molar-refractivity contribution is 7.47. The van der Waals surface area contributed by atoms with Crippen molar-refractivity contribution < 1.29 is 32.9 Å². The van der Waals surface area contributed by atoms with Gasteiger partial charge in [-0.05, 0) is 44.9 Å². The van der Waals surface area contributed by atoms with E-state index in [0.717, 1.165) is 44.9 Å². The summed E-state index contributed by atoms with van der Waals surface area (Å²) in [6.07, 6.45) is 94.9. The average molecular weight is 1260 g/mol. The molecule has 522 valence electrons. The number of carbonyl (C=O) groups is 1. The van der Waals surface area contributed by atoms with Gasteiger partial charge in [0.05, 0.1) is 39.9 Å². The fraction of sp³-hybridized carbons (Fsp3) is 0.911. The zero-order valence-electron chi connectivity index (χ0n) is 60.0. The molecule has 0 bridgehead atoms. The molecule has 1 amide bonds. The molecule has 0 aliphatic heterocycles. The summed E-state index contributed by atoms with van der Waals surface area (Å²) >= 11 is 0.